The summed E-state index contributed by atoms with van der Waals surface area (Å²) in [5, 5.41) is 20.1. The van der Waals surface area contributed by atoms with Crippen LogP contribution >= 0.6 is 0 Å². The highest BCUT2D eigenvalue weighted by atomic mass is 32.2. The van der Waals surface area contributed by atoms with Crippen LogP contribution in [0.2, 0.25) is 0 Å². The van der Waals surface area contributed by atoms with Crippen molar-refractivity contribution in [3.05, 3.63) is 28.3 Å². The summed E-state index contributed by atoms with van der Waals surface area (Å²) >= 11 is 0. The molecule has 0 aliphatic rings. The van der Waals surface area contributed by atoms with Crippen molar-refractivity contribution in [1.29, 1.82) is 0 Å². The van der Waals surface area contributed by atoms with Crippen molar-refractivity contribution in [2.75, 3.05) is 13.7 Å². The Hall–Kier alpha value is -1.71. The molecule has 0 radical (unpaired) electrons. The molecule has 1 rings (SSSR count). The first kappa shape index (κ1) is 17.3. The topological polar surface area (TPSA) is 119 Å². The molecule has 2 N–H and O–H groups in total. The molecule has 0 amide bonds. The zero-order chi connectivity index (χ0) is 16.2. The number of sulfonamides is 1. The molecule has 1 aromatic rings. The summed E-state index contributed by atoms with van der Waals surface area (Å²) in [6, 6.07) is 2.94. The smallest absolute Gasteiger partial charge is 0.293 e. The van der Waals surface area contributed by atoms with Crippen LogP contribution in [0.4, 0.5) is 5.69 Å². The second kappa shape index (κ2) is 6.83. The van der Waals surface area contributed by atoms with E-state index in [1.807, 2.05) is 0 Å². The van der Waals surface area contributed by atoms with E-state index in [9.17, 15) is 18.5 Å². The second-order valence-electron chi connectivity index (χ2n) is 4.66. The van der Waals surface area contributed by atoms with Gasteiger partial charge in [0.2, 0.25) is 10.0 Å². The largest absolute Gasteiger partial charge is 0.497 e. The number of hydrogen-bond acceptors (Lipinski definition) is 6. The average Bonchev–Trinajstić information content (AvgIpc) is 2.44. The molecule has 9 heteroatoms. The van der Waals surface area contributed by atoms with E-state index in [4.69, 9.17) is 9.84 Å². The predicted molar refractivity (Wildman–Crippen MR) is 75.7 cm³/mol. The number of rotatable bonds is 7. The number of aliphatic hydroxyl groups excluding tert-OH is 1. The van der Waals surface area contributed by atoms with E-state index in [0.717, 1.165) is 12.1 Å². The van der Waals surface area contributed by atoms with Gasteiger partial charge in [-0.05, 0) is 25.0 Å². The Morgan fingerprint density at radius 3 is 2.52 bits per heavy atom. The van der Waals surface area contributed by atoms with Gasteiger partial charge >= 0.3 is 0 Å². The van der Waals surface area contributed by atoms with Gasteiger partial charge in [-0.25, -0.2) is 13.1 Å². The minimum absolute atomic E-state index is 0.192. The molecule has 8 nitrogen and oxygen atoms in total. The van der Waals surface area contributed by atoms with Crippen LogP contribution in [0.1, 0.15) is 13.8 Å². The summed E-state index contributed by atoms with van der Waals surface area (Å²) in [5.74, 6) is -0.130. The van der Waals surface area contributed by atoms with Crippen molar-refractivity contribution in [2.45, 2.75) is 24.8 Å². The summed E-state index contributed by atoms with van der Waals surface area (Å²) < 4.78 is 31.7. The molecule has 2 unspecified atom stereocenters. The maximum Gasteiger partial charge on any atom is 0.293 e. The maximum atomic E-state index is 12.2. The van der Waals surface area contributed by atoms with Crippen molar-refractivity contribution in [2.24, 2.45) is 5.92 Å². The quantitative estimate of drug-likeness (QED) is 0.569. The Labute approximate surface area is 122 Å². The monoisotopic (exact) mass is 318 g/mol. The first-order valence-electron chi connectivity index (χ1n) is 6.18. The molecule has 0 spiro atoms. The normalized spacial score (nSPS) is 14.5. The van der Waals surface area contributed by atoms with Crippen LogP contribution in [0.25, 0.3) is 0 Å². The number of ether oxygens (including phenoxy) is 1. The summed E-state index contributed by atoms with van der Waals surface area (Å²) in [6.07, 6.45) is 0. The Balaban J connectivity index is 3.22. The van der Waals surface area contributed by atoms with E-state index < -0.39 is 31.6 Å². The van der Waals surface area contributed by atoms with Gasteiger partial charge in [-0.2, -0.15) is 0 Å². The highest BCUT2D eigenvalue weighted by Crippen LogP contribution is 2.28. The molecule has 0 aliphatic heterocycles. The molecular formula is C12H18N2O6S. The Morgan fingerprint density at radius 1 is 1.43 bits per heavy atom. The van der Waals surface area contributed by atoms with E-state index in [-0.39, 0.29) is 18.3 Å². The molecule has 0 saturated carbocycles. The van der Waals surface area contributed by atoms with Crippen LogP contribution in [-0.4, -0.2) is 38.2 Å². The first-order valence-corrected chi connectivity index (χ1v) is 7.67. The average molecular weight is 318 g/mol. The third kappa shape index (κ3) is 4.13. The predicted octanol–water partition coefficient (Wildman–Crippen LogP) is 0.899. The number of nitro benzene ring substituents is 1. The van der Waals surface area contributed by atoms with Gasteiger partial charge in [-0.1, -0.05) is 6.92 Å². The number of nitrogens with one attached hydrogen (secondary N) is 1. The van der Waals surface area contributed by atoms with E-state index in [1.54, 1.807) is 13.8 Å². The standard InChI is InChI=1S/C12H18N2O6S/c1-8(7-15)9(2)13-21(18,19)12-5-4-10(20-3)6-11(12)14(16)17/h4-6,8-9,13,15H,7H2,1-3H3. The highest BCUT2D eigenvalue weighted by molar-refractivity contribution is 7.89. The lowest BCUT2D eigenvalue weighted by molar-refractivity contribution is -0.387. The lowest BCUT2D eigenvalue weighted by Gasteiger charge is -2.19. The van der Waals surface area contributed by atoms with Gasteiger partial charge in [0.1, 0.15) is 5.75 Å². The summed E-state index contributed by atoms with van der Waals surface area (Å²) in [7, 11) is -2.74. The number of hydrogen-bond donors (Lipinski definition) is 2. The number of methoxy groups -OCH3 is 1. The number of nitro groups is 1. The molecule has 0 aromatic heterocycles. The molecular weight excluding hydrogens is 300 g/mol. The number of benzene rings is 1. The molecule has 0 heterocycles. The summed E-state index contributed by atoms with van der Waals surface area (Å²) in [5.41, 5.74) is -0.564. The van der Waals surface area contributed by atoms with Crippen LogP contribution in [0.5, 0.6) is 5.75 Å². The van der Waals surface area contributed by atoms with Gasteiger partial charge in [0.05, 0.1) is 18.1 Å². The van der Waals surface area contributed by atoms with Gasteiger partial charge in [-0.3, -0.25) is 10.1 Å². The third-order valence-corrected chi connectivity index (χ3v) is 4.74. The molecule has 1 aromatic carbocycles. The Bertz CT molecular complexity index is 616. The lowest BCUT2D eigenvalue weighted by Crippen LogP contribution is -2.38. The fourth-order valence-corrected chi connectivity index (χ4v) is 3.08. The molecule has 0 aliphatic carbocycles. The minimum Gasteiger partial charge on any atom is -0.497 e. The van der Waals surface area contributed by atoms with E-state index in [0.29, 0.717) is 0 Å². The summed E-state index contributed by atoms with van der Waals surface area (Å²) in [6.45, 7) is 3.04. The van der Waals surface area contributed by atoms with E-state index >= 15 is 0 Å². The second-order valence-corrected chi connectivity index (χ2v) is 6.34. The SMILES string of the molecule is COc1ccc(S(=O)(=O)NC(C)C(C)CO)c([N+](=O)[O-])c1. The zero-order valence-electron chi connectivity index (χ0n) is 11.9. The molecule has 118 valence electrons. The van der Waals surface area contributed by atoms with Crippen LogP contribution in [0.15, 0.2) is 23.1 Å². The van der Waals surface area contributed by atoms with Gasteiger partial charge in [-0.15, -0.1) is 0 Å². The highest BCUT2D eigenvalue weighted by Gasteiger charge is 2.28. The van der Waals surface area contributed by atoms with Crippen molar-refractivity contribution in [3.8, 4) is 5.75 Å². The molecule has 0 bridgehead atoms. The van der Waals surface area contributed by atoms with Gasteiger partial charge in [0.15, 0.2) is 4.90 Å². The van der Waals surface area contributed by atoms with Gasteiger partial charge < -0.3 is 9.84 Å². The zero-order valence-corrected chi connectivity index (χ0v) is 12.8. The third-order valence-electron chi connectivity index (χ3n) is 3.13. The maximum absolute atomic E-state index is 12.2. The fraction of sp³-hybridized carbons (Fsp3) is 0.500. The molecule has 2 atom stereocenters. The first-order chi connectivity index (χ1) is 9.72. The van der Waals surface area contributed by atoms with Crippen LogP contribution < -0.4 is 9.46 Å². The number of nitrogens with zero attached hydrogens (tertiary/aromatic N) is 1. The van der Waals surface area contributed by atoms with Crippen molar-refractivity contribution < 1.29 is 23.2 Å². The fourth-order valence-electron chi connectivity index (χ4n) is 1.58. The van der Waals surface area contributed by atoms with Crippen LogP contribution in [0.3, 0.4) is 0 Å². The summed E-state index contributed by atoms with van der Waals surface area (Å²) in [4.78, 5) is 9.81. The van der Waals surface area contributed by atoms with E-state index in [1.165, 1.54) is 13.2 Å². The lowest BCUT2D eigenvalue weighted by atomic mass is 10.1. The molecule has 0 saturated heterocycles. The minimum atomic E-state index is -4.07. The van der Waals surface area contributed by atoms with Crippen molar-refractivity contribution in [3.63, 3.8) is 0 Å². The van der Waals surface area contributed by atoms with Crippen LogP contribution in [-0.2, 0) is 10.0 Å². The van der Waals surface area contributed by atoms with Crippen molar-refractivity contribution in [1.82, 2.24) is 4.72 Å². The van der Waals surface area contributed by atoms with E-state index in [2.05, 4.69) is 4.72 Å². The Kier molecular flexibility index (Phi) is 5.64. The van der Waals surface area contributed by atoms with Crippen molar-refractivity contribution >= 4 is 15.7 Å². The number of aliphatic hydroxyl groups is 1. The van der Waals surface area contributed by atoms with Gasteiger partial charge in [0, 0.05) is 12.6 Å². The van der Waals surface area contributed by atoms with Crippen LogP contribution in [0, 0.1) is 16.0 Å². The molecule has 0 fully saturated rings. The molecule has 21 heavy (non-hydrogen) atoms. The Morgan fingerprint density at radius 2 is 2.05 bits per heavy atom. The van der Waals surface area contributed by atoms with Gasteiger partial charge in [0.25, 0.3) is 5.69 Å².